The van der Waals surface area contributed by atoms with Gasteiger partial charge < -0.3 is 5.32 Å². The molecule has 4 nitrogen and oxygen atoms in total. The van der Waals surface area contributed by atoms with E-state index in [-0.39, 0.29) is 12.5 Å². The number of benzene rings is 1. The van der Waals surface area contributed by atoms with E-state index in [0.717, 1.165) is 0 Å². The predicted molar refractivity (Wildman–Crippen MR) is 102 cm³/mol. The van der Waals surface area contributed by atoms with Crippen LogP contribution in [0.15, 0.2) is 63.5 Å². The highest BCUT2D eigenvalue weighted by molar-refractivity contribution is 7.93. The average Bonchev–Trinajstić information content (AvgIpc) is 3.28. The second-order valence-corrected chi connectivity index (χ2v) is 9.92. The van der Waals surface area contributed by atoms with Crippen molar-refractivity contribution in [3.63, 3.8) is 0 Å². The number of thiophene rings is 2. The van der Waals surface area contributed by atoms with Gasteiger partial charge in [-0.3, -0.25) is 4.79 Å². The Hall–Kier alpha value is -1.67. The third kappa shape index (κ3) is 4.12. The molecule has 3 aromatic rings. The summed E-state index contributed by atoms with van der Waals surface area (Å²) in [6, 6.07) is 13.4. The summed E-state index contributed by atoms with van der Waals surface area (Å²) in [6.45, 7) is -0.00784. The van der Waals surface area contributed by atoms with E-state index in [1.165, 1.54) is 22.7 Å². The van der Waals surface area contributed by atoms with Crippen LogP contribution in [0, 0.1) is 0 Å². The number of sulfone groups is 1. The zero-order valence-electron chi connectivity index (χ0n) is 12.9. The smallest absolute Gasteiger partial charge is 0.251 e. The van der Waals surface area contributed by atoms with Gasteiger partial charge in [0.2, 0.25) is 0 Å². The lowest BCUT2D eigenvalue weighted by Gasteiger charge is -2.16. The molecule has 0 saturated carbocycles. The molecule has 8 heteroatoms. The van der Waals surface area contributed by atoms with Crippen LogP contribution in [0.4, 0.5) is 0 Å². The van der Waals surface area contributed by atoms with Gasteiger partial charge in [0.25, 0.3) is 5.91 Å². The Kier molecular flexibility index (Phi) is 5.58. The molecule has 0 aliphatic heterocycles. The summed E-state index contributed by atoms with van der Waals surface area (Å²) in [7, 11) is -3.58. The van der Waals surface area contributed by atoms with E-state index < -0.39 is 15.1 Å². The number of hydrogen-bond acceptors (Lipinski definition) is 5. The molecule has 25 heavy (non-hydrogen) atoms. The van der Waals surface area contributed by atoms with Gasteiger partial charge in [-0.1, -0.05) is 29.8 Å². The first-order valence-electron chi connectivity index (χ1n) is 7.33. The topological polar surface area (TPSA) is 63.2 Å². The number of halogens is 1. The lowest BCUT2D eigenvalue weighted by molar-refractivity contribution is 0.0954. The SMILES string of the molecule is O=C(NC[C@@H](c1cccs1)S(=O)(=O)c1cccs1)c1cccc(Cl)c1. The number of carbonyl (C=O) groups is 1. The normalized spacial score (nSPS) is 12.7. The van der Waals surface area contributed by atoms with Gasteiger partial charge in [-0.05, 0) is 41.1 Å². The highest BCUT2D eigenvalue weighted by Crippen LogP contribution is 2.33. The van der Waals surface area contributed by atoms with Crippen LogP contribution in [0.5, 0.6) is 0 Å². The van der Waals surface area contributed by atoms with Gasteiger partial charge >= 0.3 is 0 Å². The zero-order valence-corrected chi connectivity index (χ0v) is 16.1. The van der Waals surface area contributed by atoms with Crippen LogP contribution in [0.1, 0.15) is 20.5 Å². The maximum absolute atomic E-state index is 12.9. The van der Waals surface area contributed by atoms with Crippen LogP contribution in [0.2, 0.25) is 5.02 Å². The van der Waals surface area contributed by atoms with E-state index in [2.05, 4.69) is 5.32 Å². The number of hydrogen-bond donors (Lipinski definition) is 1. The second kappa shape index (κ2) is 7.70. The van der Waals surface area contributed by atoms with Crippen LogP contribution >= 0.6 is 34.3 Å². The van der Waals surface area contributed by atoms with Crippen molar-refractivity contribution in [1.29, 1.82) is 0 Å². The third-order valence-electron chi connectivity index (χ3n) is 3.55. The van der Waals surface area contributed by atoms with Crippen molar-refractivity contribution in [2.24, 2.45) is 0 Å². The van der Waals surface area contributed by atoms with Gasteiger partial charge in [0.1, 0.15) is 9.46 Å². The molecule has 0 aliphatic carbocycles. The third-order valence-corrected chi connectivity index (χ3v) is 8.43. The number of carbonyl (C=O) groups excluding carboxylic acids is 1. The molecule has 0 radical (unpaired) electrons. The van der Waals surface area contributed by atoms with Crippen LogP contribution in [-0.4, -0.2) is 20.9 Å². The Bertz CT molecular complexity index is 951. The first-order chi connectivity index (χ1) is 12.0. The molecule has 1 atom stereocenters. The largest absolute Gasteiger partial charge is 0.350 e. The maximum atomic E-state index is 12.9. The summed E-state index contributed by atoms with van der Waals surface area (Å²) < 4.78 is 26.2. The molecular formula is C17H14ClNO3S3. The van der Waals surface area contributed by atoms with E-state index in [9.17, 15) is 13.2 Å². The molecule has 3 rings (SSSR count). The molecule has 0 unspecified atom stereocenters. The fourth-order valence-electron chi connectivity index (χ4n) is 2.32. The van der Waals surface area contributed by atoms with E-state index in [0.29, 0.717) is 19.7 Å². The highest BCUT2D eigenvalue weighted by Gasteiger charge is 2.31. The van der Waals surface area contributed by atoms with Gasteiger partial charge in [-0.2, -0.15) is 0 Å². The second-order valence-electron chi connectivity index (χ2n) is 5.20. The van der Waals surface area contributed by atoms with Crippen LogP contribution in [-0.2, 0) is 9.84 Å². The van der Waals surface area contributed by atoms with Crippen LogP contribution in [0.25, 0.3) is 0 Å². The molecule has 1 aromatic carbocycles. The van der Waals surface area contributed by atoms with Crippen molar-refractivity contribution in [1.82, 2.24) is 5.32 Å². The quantitative estimate of drug-likeness (QED) is 0.653. The molecule has 1 amide bonds. The monoisotopic (exact) mass is 411 g/mol. The van der Waals surface area contributed by atoms with Gasteiger partial charge in [0, 0.05) is 22.0 Å². The Morgan fingerprint density at radius 1 is 1.08 bits per heavy atom. The zero-order chi connectivity index (χ0) is 17.9. The number of rotatable bonds is 6. The minimum atomic E-state index is -3.58. The Morgan fingerprint density at radius 3 is 2.48 bits per heavy atom. The van der Waals surface area contributed by atoms with Crippen LogP contribution < -0.4 is 5.32 Å². The molecule has 130 valence electrons. The number of amides is 1. The summed E-state index contributed by atoms with van der Waals surface area (Å²) in [5.41, 5.74) is 0.394. The van der Waals surface area contributed by atoms with Crippen molar-refractivity contribution in [2.75, 3.05) is 6.54 Å². The van der Waals surface area contributed by atoms with Gasteiger partial charge in [-0.15, -0.1) is 22.7 Å². The van der Waals surface area contributed by atoms with Crippen molar-refractivity contribution in [2.45, 2.75) is 9.46 Å². The number of nitrogens with one attached hydrogen (secondary N) is 1. The highest BCUT2D eigenvalue weighted by atomic mass is 35.5. The molecule has 2 aromatic heterocycles. The summed E-state index contributed by atoms with van der Waals surface area (Å²) in [5, 5.41) is 5.89. The van der Waals surface area contributed by atoms with Crippen molar-refractivity contribution in [3.05, 3.63) is 74.8 Å². The van der Waals surface area contributed by atoms with Crippen molar-refractivity contribution in [3.8, 4) is 0 Å². The first-order valence-corrected chi connectivity index (χ1v) is 11.0. The molecule has 0 bridgehead atoms. The fraction of sp³-hybridized carbons (Fsp3) is 0.118. The predicted octanol–water partition coefficient (Wildman–Crippen LogP) is 4.41. The molecule has 0 saturated heterocycles. The summed E-state index contributed by atoms with van der Waals surface area (Å²) >= 11 is 8.43. The first kappa shape index (κ1) is 18.1. The Morgan fingerprint density at radius 2 is 1.84 bits per heavy atom. The van der Waals surface area contributed by atoms with E-state index in [1.54, 1.807) is 53.9 Å². The summed E-state index contributed by atoms with van der Waals surface area (Å²) in [6.07, 6.45) is 0. The maximum Gasteiger partial charge on any atom is 0.251 e. The molecule has 0 spiro atoms. The molecule has 2 heterocycles. The van der Waals surface area contributed by atoms with Gasteiger partial charge in [0.05, 0.1) is 0 Å². The average molecular weight is 412 g/mol. The minimum absolute atomic E-state index is 0.00784. The lowest BCUT2D eigenvalue weighted by atomic mass is 10.2. The van der Waals surface area contributed by atoms with Gasteiger partial charge in [-0.25, -0.2) is 8.42 Å². The van der Waals surface area contributed by atoms with E-state index >= 15 is 0 Å². The Labute approximate surface area is 159 Å². The van der Waals surface area contributed by atoms with Crippen molar-refractivity contribution < 1.29 is 13.2 Å². The fourth-order valence-corrected chi connectivity index (χ4v) is 6.50. The standard InChI is InChI=1S/C17H14ClNO3S3/c18-13-5-1-4-12(10-13)17(20)19-11-15(14-6-2-8-23-14)25(21,22)16-7-3-9-24-16/h1-10,15H,11H2,(H,19,20)/t15-/m0/s1. The summed E-state index contributed by atoms with van der Waals surface area (Å²) in [5.74, 6) is -0.356. The lowest BCUT2D eigenvalue weighted by Crippen LogP contribution is -2.31. The molecular weight excluding hydrogens is 398 g/mol. The minimum Gasteiger partial charge on any atom is -0.350 e. The van der Waals surface area contributed by atoms with Crippen molar-refractivity contribution >= 4 is 50.0 Å². The van der Waals surface area contributed by atoms with Gasteiger partial charge in [0.15, 0.2) is 9.84 Å². The Balaban J connectivity index is 1.83. The molecule has 0 aliphatic rings. The molecule has 1 N–H and O–H groups in total. The van der Waals surface area contributed by atoms with E-state index in [1.807, 2.05) is 5.38 Å². The van der Waals surface area contributed by atoms with Crippen LogP contribution in [0.3, 0.4) is 0 Å². The van der Waals surface area contributed by atoms with E-state index in [4.69, 9.17) is 11.6 Å². The molecule has 0 fully saturated rings. The summed E-state index contributed by atoms with van der Waals surface area (Å²) in [4.78, 5) is 13.0.